The average molecular weight is 553 g/mol. The van der Waals surface area contributed by atoms with Gasteiger partial charge in [0.25, 0.3) is 5.60 Å². The number of sulfone groups is 1. The molecule has 188 valence electrons. The highest BCUT2D eigenvalue weighted by molar-refractivity contribution is 7.91. The second kappa shape index (κ2) is 8.63. The van der Waals surface area contributed by atoms with Gasteiger partial charge in [-0.05, 0) is 29.3 Å². The number of halogens is 6. The Kier molecular flexibility index (Phi) is 6.34. The Bertz CT molecular complexity index is 1290. The molecule has 0 spiro atoms. The molecule has 0 aliphatic carbocycles. The molecule has 4 rings (SSSR count). The highest BCUT2D eigenvalue weighted by atomic mass is 35.5. The number of alkyl halides is 4. The Morgan fingerprint density at radius 2 is 1.66 bits per heavy atom. The summed E-state index contributed by atoms with van der Waals surface area (Å²) in [7, 11) is -3.54. The second-order valence-electron chi connectivity index (χ2n) is 8.65. The van der Waals surface area contributed by atoms with Crippen LogP contribution in [0, 0.1) is 0 Å². The normalized spacial score (nSPS) is 21.8. The fourth-order valence-electron chi connectivity index (χ4n) is 4.04. The maximum Gasteiger partial charge on any atom is 0.435 e. The molecule has 0 saturated carbocycles. The summed E-state index contributed by atoms with van der Waals surface area (Å²) < 4.78 is 80.1. The van der Waals surface area contributed by atoms with Crippen LogP contribution in [-0.2, 0) is 30.7 Å². The molecule has 2 heterocycles. The van der Waals surface area contributed by atoms with Crippen molar-refractivity contribution in [1.29, 1.82) is 0 Å². The average Bonchev–Trinajstić information content (AvgIpc) is 3.16. The summed E-state index contributed by atoms with van der Waals surface area (Å²) in [6.07, 6.45) is -4.58. The minimum atomic E-state index is -4.84. The fourth-order valence-corrected chi connectivity index (χ4v) is 5.20. The van der Waals surface area contributed by atoms with E-state index < -0.39 is 45.4 Å². The Balaban J connectivity index is 1.51. The molecule has 0 radical (unpaired) electrons. The van der Waals surface area contributed by atoms with Crippen molar-refractivity contribution in [2.24, 2.45) is 5.16 Å². The highest BCUT2D eigenvalue weighted by Gasteiger charge is 2.62. The van der Waals surface area contributed by atoms with Gasteiger partial charge in [0.1, 0.15) is 5.75 Å². The lowest BCUT2D eigenvalue weighted by atomic mass is 9.85. The predicted molar refractivity (Wildman–Crippen MR) is 122 cm³/mol. The fraction of sp³-hybridized carbons (Fsp3) is 0.364. The molecule has 2 aliphatic rings. The number of likely N-dealkylation sites (tertiary alicyclic amines) is 1. The maximum absolute atomic E-state index is 15.2. The number of hydrogen-bond acceptors (Lipinski definition) is 5. The van der Waals surface area contributed by atoms with Gasteiger partial charge in [-0.1, -0.05) is 52.6 Å². The second-order valence-corrected chi connectivity index (χ2v) is 11.7. The summed E-state index contributed by atoms with van der Waals surface area (Å²) in [4.78, 5) is 18.0. The van der Waals surface area contributed by atoms with Crippen LogP contribution in [0.2, 0.25) is 10.0 Å². The van der Waals surface area contributed by atoms with Crippen LogP contribution in [0.5, 0.6) is 0 Å². The van der Waals surface area contributed by atoms with Crippen molar-refractivity contribution in [3.8, 4) is 0 Å². The molecule has 0 aromatic heterocycles. The molecule has 1 fully saturated rings. The molecule has 6 nitrogen and oxygen atoms in total. The van der Waals surface area contributed by atoms with Crippen LogP contribution in [0.4, 0.5) is 17.6 Å². The van der Waals surface area contributed by atoms with Gasteiger partial charge in [-0.25, -0.2) is 12.8 Å². The van der Waals surface area contributed by atoms with Gasteiger partial charge in [-0.2, -0.15) is 13.2 Å². The lowest BCUT2D eigenvalue weighted by Crippen LogP contribution is -2.59. The molecule has 35 heavy (non-hydrogen) atoms. The van der Waals surface area contributed by atoms with Gasteiger partial charge in [0.2, 0.25) is 5.91 Å². The van der Waals surface area contributed by atoms with Gasteiger partial charge in [0.15, 0.2) is 15.5 Å². The van der Waals surface area contributed by atoms with E-state index in [2.05, 4.69) is 5.16 Å². The van der Waals surface area contributed by atoms with Crippen LogP contribution in [0.3, 0.4) is 0 Å². The monoisotopic (exact) mass is 552 g/mol. The molecule has 13 heteroatoms. The number of oxime groups is 1. The van der Waals surface area contributed by atoms with Crippen LogP contribution in [-0.4, -0.2) is 56.2 Å². The highest BCUT2D eigenvalue weighted by Crippen LogP contribution is 2.49. The first-order valence-electron chi connectivity index (χ1n) is 10.2. The SMILES string of the molecule is CS(=O)(=O)CC(=O)N1CC(F)(c2ccc(C3=NOC(c4cc(Cl)cc(Cl)c4)(C(F)(F)F)C3)cc2)C1. The summed E-state index contributed by atoms with van der Waals surface area (Å²) in [5.41, 5.74) is -4.49. The predicted octanol–water partition coefficient (Wildman–Crippen LogP) is 4.63. The molecule has 2 aromatic carbocycles. The number of nitrogens with zero attached hydrogens (tertiary/aromatic N) is 2. The van der Waals surface area contributed by atoms with E-state index in [-0.39, 0.29) is 40.0 Å². The molecule has 0 N–H and O–H groups in total. The van der Waals surface area contributed by atoms with Gasteiger partial charge >= 0.3 is 6.18 Å². The molecule has 0 bridgehead atoms. The van der Waals surface area contributed by atoms with Gasteiger partial charge in [0.05, 0.1) is 18.8 Å². The largest absolute Gasteiger partial charge is 0.435 e. The topological polar surface area (TPSA) is 76.0 Å². The molecular formula is C22H18Cl2F4N2O4S. The van der Waals surface area contributed by atoms with Crippen LogP contribution in [0.15, 0.2) is 47.6 Å². The minimum Gasteiger partial charge on any atom is -0.374 e. The van der Waals surface area contributed by atoms with E-state index >= 15 is 4.39 Å². The van der Waals surface area contributed by atoms with Crippen molar-refractivity contribution in [3.05, 3.63) is 69.2 Å². The first-order valence-corrected chi connectivity index (χ1v) is 13.0. The van der Waals surface area contributed by atoms with Gasteiger partial charge in [-0.15, -0.1) is 0 Å². The number of carbonyl (C=O) groups is 1. The van der Waals surface area contributed by atoms with Crippen LogP contribution >= 0.6 is 23.2 Å². The molecule has 2 aromatic rings. The molecule has 2 aliphatic heterocycles. The zero-order valence-electron chi connectivity index (χ0n) is 18.1. The zero-order chi connectivity index (χ0) is 25.8. The van der Waals surface area contributed by atoms with E-state index in [1.54, 1.807) is 0 Å². The van der Waals surface area contributed by atoms with Gasteiger partial charge < -0.3 is 9.74 Å². The Morgan fingerprint density at radius 3 is 2.17 bits per heavy atom. The van der Waals surface area contributed by atoms with Crippen LogP contribution in [0.1, 0.15) is 23.1 Å². The third-order valence-electron chi connectivity index (χ3n) is 5.87. The Hall–Kier alpha value is -2.37. The number of hydrogen-bond donors (Lipinski definition) is 0. The minimum absolute atomic E-state index is 0.00329. The summed E-state index contributed by atoms with van der Waals surface area (Å²) in [6.45, 7) is -0.644. The van der Waals surface area contributed by atoms with Crippen molar-refractivity contribution < 1.29 is 35.6 Å². The number of rotatable bonds is 5. The standard InChI is InChI=1S/C22H18Cl2F4N2O4S/c1-35(32,33)10-19(31)30-11-20(25,12-30)14-4-2-13(3-5-14)18-9-21(34-29-18,22(26,27)28)15-6-16(23)8-17(24)7-15/h2-8H,9-12H2,1H3. The van der Waals surface area contributed by atoms with Crippen molar-refractivity contribution in [3.63, 3.8) is 0 Å². The molecule has 1 saturated heterocycles. The molecule has 1 unspecified atom stereocenters. The summed E-state index contributed by atoms with van der Waals surface area (Å²) in [5, 5.41) is 3.68. The zero-order valence-corrected chi connectivity index (χ0v) is 20.4. The first-order chi connectivity index (χ1) is 16.1. The lowest BCUT2D eigenvalue weighted by Gasteiger charge is -2.44. The van der Waals surface area contributed by atoms with Crippen molar-refractivity contribution >= 4 is 44.7 Å². The first kappa shape index (κ1) is 25.7. The van der Waals surface area contributed by atoms with Crippen molar-refractivity contribution in [2.75, 3.05) is 25.1 Å². The van der Waals surface area contributed by atoms with E-state index in [9.17, 15) is 26.4 Å². The van der Waals surface area contributed by atoms with E-state index in [0.717, 1.165) is 23.3 Å². The smallest absolute Gasteiger partial charge is 0.374 e. The van der Waals surface area contributed by atoms with Crippen LogP contribution < -0.4 is 0 Å². The lowest BCUT2D eigenvalue weighted by molar-refractivity contribution is -0.275. The summed E-state index contributed by atoms with van der Waals surface area (Å²) >= 11 is 11.8. The quantitative estimate of drug-likeness (QED) is 0.507. The van der Waals surface area contributed by atoms with Crippen molar-refractivity contribution in [1.82, 2.24) is 4.90 Å². The summed E-state index contributed by atoms with van der Waals surface area (Å²) in [5.74, 6) is -1.40. The molecule has 1 atom stereocenters. The third-order valence-corrected chi connectivity index (χ3v) is 7.08. The van der Waals surface area contributed by atoms with E-state index in [4.69, 9.17) is 28.0 Å². The number of benzene rings is 2. The van der Waals surface area contributed by atoms with Crippen molar-refractivity contribution in [2.45, 2.75) is 23.9 Å². The number of carbonyl (C=O) groups excluding carboxylic acids is 1. The van der Waals surface area contributed by atoms with E-state index in [1.807, 2.05) is 0 Å². The third kappa shape index (κ3) is 4.99. The van der Waals surface area contributed by atoms with E-state index in [1.165, 1.54) is 30.3 Å². The van der Waals surface area contributed by atoms with E-state index in [0.29, 0.717) is 5.56 Å². The van der Waals surface area contributed by atoms with Gasteiger partial charge in [0, 0.05) is 28.3 Å². The van der Waals surface area contributed by atoms with Crippen LogP contribution in [0.25, 0.3) is 0 Å². The number of amides is 1. The molecular weight excluding hydrogens is 535 g/mol. The molecule has 1 amide bonds. The Morgan fingerprint density at radius 1 is 1.09 bits per heavy atom. The summed E-state index contributed by atoms with van der Waals surface area (Å²) in [6, 6.07) is 9.13. The van der Waals surface area contributed by atoms with Gasteiger partial charge in [-0.3, -0.25) is 4.79 Å². The Labute approximate surface area is 208 Å². The maximum atomic E-state index is 15.2.